The molecule has 0 aliphatic heterocycles. The van der Waals surface area contributed by atoms with Gasteiger partial charge in [0.15, 0.2) is 6.29 Å². The average molecular weight is 102 g/mol. The molecule has 1 atom stereocenters. The molecule has 0 rings (SSSR count). The molecule has 0 aliphatic rings. The van der Waals surface area contributed by atoms with E-state index in [1.165, 1.54) is 0 Å². The van der Waals surface area contributed by atoms with Crippen molar-refractivity contribution >= 4 is 6.29 Å². The van der Waals surface area contributed by atoms with Crippen LogP contribution in [0.25, 0.3) is 0 Å². The van der Waals surface area contributed by atoms with Crippen molar-refractivity contribution in [2.45, 2.75) is 19.1 Å². The molecule has 0 spiro atoms. The van der Waals surface area contributed by atoms with Gasteiger partial charge in [0.05, 0.1) is 0 Å². The fourth-order valence-corrected chi connectivity index (χ4v) is 0.207. The van der Waals surface area contributed by atoms with Crippen LogP contribution in [-0.2, 0) is 4.79 Å². The van der Waals surface area contributed by atoms with E-state index in [9.17, 15) is 4.79 Å². The number of nitrogens with two attached hydrogens (primary N) is 1. The molecule has 0 amide bonds. The third-order valence-electron chi connectivity index (χ3n) is 0.542. The summed E-state index contributed by atoms with van der Waals surface area (Å²) in [6, 6.07) is 0. The van der Waals surface area contributed by atoms with Gasteiger partial charge < -0.3 is 10.8 Å². The fraction of sp³-hybridized carbons (Fsp3) is 0.750. The van der Waals surface area contributed by atoms with Gasteiger partial charge in [0.2, 0.25) is 0 Å². The molecular formula is C4H8NO2. The average Bonchev–Trinajstić information content (AvgIpc) is 1.61. The van der Waals surface area contributed by atoms with Gasteiger partial charge in [0.25, 0.3) is 0 Å². The zero-order valence-corrected chi connectivity index (χ0v) is 3.92. The van der Waals surface area contributed by atoms with E-state index in [0.29, 0.717) is 6.42 Å². The Morgan fingerprint density at radius 2 is 2.43 bits per heavy atom. The van der Waals surface area contributed by atoms with E-state index in [1.54, 1.807) is 6.29 Å². The molecule has 0 aromatic heterocycles. The highest BCUT2D eigenvalue weighted by atomic mass is 16.3. The van der Waals surface area contributed by atoms with Crippen molar-refractivity contribution in [3.8, 4) is 0 Å². The maximum absolute atomic E-state index is 9.42. The summed E-state index contributed by atoms with van der Waals surface area (Å²) >= 11 is 0. The Balaban J connectivity index is 2.81. The lowest BCUT2D eigenvalue weighted by molar-refractivity contribution is 0.174. The molecule has 0 fully saturated rings. The summed E-state index contributed by atoms with van der Waals surface area (Å²) in [5.41, 5.74) is 4.86. The highest BCUT2D eigenvalue weighted by molar-refractivity contribution is 5.50. The van der Waals surface area contributed by atoms with Crippen LogP contribution in [0.2, 0.25) is 0 Å². The molecule has 3 N–H and O–H groups in total. The third-order valence-corrected chi connectivity index (χ3v) is 0.542. The minimum absolute atomic E-state index is 0.220. The van der Waals surface area contributed by atoms with Crippen molar-refractivity contribution in [2.75, 3.05) is 0 Å². The van der Waals surface area contributed by atoms with Gasteiger partial charge in [-0.2, -0.15) is 0 Å². The van der Waals surface area contributed by atoms with Crippen molar-refractivity contribution in [1.82, 2.24) is 0 Å². The van der Waals surface area contributed by atoms with Gasteiger partial charge in [-0.05, 0) is 6.42 Å². The summed E-state index contributed by atoms with van der Waals surface area (Å²) in [7, 11) is 0. The van der Waals surface area contributed by atoms with Crippen LogP contribution in [0.5, 0.6) is 0 Å². The van der Waals surface area contributed by atoms with Crippen molar-refractivity contribution < 1.29 is 9.90 Å². The van der Waals surface area contributed by atoms with Gasteiger partial charge in [-0.3, -0.25) is 4.79 Å². The quantitative estimate of drug-likeness (QED) is 0.456. The van der Waals surface area contributed by atoms with E-state index in [2.05, 4.69) is 0 Å². The predicted octanol–water partition coefficient (Wildman–Crippen LogP) is -0.847. The zero-order valence-electron chi connectivity index (χ0n) is 3.92. The molecule has 0 saturated carbocycles. The van der Waals surface area contributed by atoms with Crippen LogP contribution >= 0.6 is 0 Å². The Labute approximate surface area is 42.1 Å². The Bertz CT molecular complexity index is 53.7. The van der Waals surface area contributed by atoms with Crippen LogP contribution in [0.15, 0.2) is 0 Å². The standard InChI is InChI=1S/C4H8NO2/c5-4(7)2-1-3-6/h4,7H,1-2,5H2. The molecule has 41 valence electrons. The van der Waals surface area contributed by atoms with Gasteiger partial charge in [0, 0.05) is 6.42 Å². The summed E-state index contributed by atoms with van der Waals surface area (Å²) in [4.78, 5) is 9.42. The van der Waals surface area contributed by atoms with Gasteiger partial charge >= 0.3 is 0 Å². The topological polar surface area (TPSA) is 63.3 Å². The highest BCUT2D eigenvalue weighted by Gasteiger charge is 1.91. The normalized spacial score (nSPS) is 13.4. The van der Waals surface area contributed by atoms with E-state index in [4.69, 9.17) is 10.8 Å². The molecule has 0 aliphatic carbocycles. The molecule has 1 unspecified atom stereocenters. The van der Waals surface area contributed by atoms with Gasteiger partial charge in [-0.1, -0.05) is 0 Å². The van der Waals surface area contributed by atoms with E-state index in [1.807, 2.05) is 0 Å². The van der Waals surface area contributed by atoms with Crippen LogP contribution in [-0.4, -0.2) is 17.6 Å². The number of rotatable bonds is 3. The molecule has 0 heterocycles. The molecule has 0 saturated heterocycles. The van der Waals surface area contributed by atoms with E-state index >= 15 is 0 Å². The first-order valence-corrected chi connectivity index (χ1v) is 2.06. The minimum atomic E-state index is -0.860. The summed E-state index contributed by atoms with van der Waals surface area (Å²) in [5, 5.41) is 8.28. The maximum atomic E-state index is 9.42. The first-order chi connectivity index (χ1) is 3.27. The molecule has 0 bridgehead atoms. The number of carbonyl (C=O) groups excluding carboxylic acids is 1. The van der Waals surface area contributed by atoms with Crippen molar-refractivity contribution in [2.24, 2.45) is 5.73 Å². The molecule has 3 nitrogen and oxygen atoms in total. The van der Waals surface area contributed by atoms with Crippen LogP contribution in [0.1, 0.15) is 12.8 Å². The Kier molecular flexibility index (Phi) is 3.55. The minimum Gasteiger partial charge on any atom is -0.379 e. The lowest BCUT2D eigenvalue weighted by Crippen LogP contribution is -2.17. The van der Waals surface area contributed by atoms with E-state index in [0.717, 1.165) is 0 Å². The molecule has 0 aromatic rings. The summed E-state index contributed by atoms with van der Waals surface area (Å²) in [6.07, 6.45) is 1.28. The van der Waals surface area contributed by atoms with E-state index < -0.39 is 6.23 Å². The van der Waals surface area contributed by atoms with Crippen LogP contribution < -0.4 is 5.73 Å². The maximum Gasteiger partial charge on any atom is 0.198 e. The second-order valence-corrected chi connectivity index (χ2v) is 1.25. The van der Waals surface area contributed by atoms with Gasteiger partial charge in [0.1, 0.15) is 6.23 Å². The number of hydrogen-bond donors (Lipinski definition) is 2. The fourth-order valence-electron chi connectivity index (χ4n) is 0.207. The number of hydrogen-bond acceptors (Lipinski definition) is 3. The second kappa shape index (κ2) is 3.77. The number of aliphatic hydroxyl groups is 1. The highest BCUT2D eigenvalue weighted by Crippen LogP contribution is 1.84. The zero-order chi connectivity index (χ0) is 5.70. The number of aliphatic hydroxyl groups excluding tert-OH is 1. The largest absolute Gasteiger partial charge is 0.379 e. The molecule has 3 heteroatoms. The smallest absolute Gasteiger partial charge is 0.198 e. The van der Waals surface area contributed by atoms with Crippen molar-refractivity contribution in [3.63, 3.8) is 0 Å². The summed E-state index contributed by atoms with van der Waals surface area (Å²) in [6.45, 7) is 0. The predicted molar refractivity (Wildman–Crippen MR) is 25.1 cm³/mol. The van der Waals surface area contributed by atoms with Crippen LogP contribution in [0.3, 0.4) is 0 Å². The first kappa shape index (κ1) is 6.59. The van der Waals surface area contributed by atoms with Crippen molar-refractivity contribution in [1.29, 1.82) is 0 Å². The monoisotopic (exact) mass is 102 g/mol. The van der Waals surface area contributed by atoms with Gasteiger partial charge in [-0.25, -0.2) is 0 Å². The van der Waals surface area contributed by atoms with Crippen molar-refractivity contribution in [3.05, 3.63) is 0 Å². The van der Waals surface area contributed by atoms with Crippen LogP contribution in [0.4, 0.5) is 0 Å². The molecule has 7 heavy (non-hydrogen) atoms. The second-order valence-electron chi connectivity index (χ2n) is 1.25. The van der Waals surface area contributed by atoms with E-state index in [-0.39, 0.29) is 6.42 Å². The Morgan fingerprint density at radius 3 is 2.57 bits per heavy atom. The van der Waals surface area contributed by atoms with Crippen LogP contribution in [0, 0.1) is 0 Å². The molecule has 0 aromatic carbocycles. The first-order valence-electron chi connectivity index (χ1n) is 2.06. The molecule has 1 radical (unpaired) electrons. The Hall–Kier alpha value is -0.410. The molecular weight excluding hydrogens is 94.0 g/mol. The lowest BCUT2D eigenvalue weighted by Gasteiger charge is -1.95. The third kappa shape index (κ3) is 5.59. The summed E-state index contributed by atoms with van der Waals surface area (Å²) < 4.78 is 0. The summed E-state index contributed by atoms with van der Waals surface area (Å²) in [5.74, 6) is 0. The van der Waals surface area contributed by atoms with Gasteiger partial charge in [-0.15, -0.1) is 0 Å². The lowest BCUT2D eigenvalue weighted by atomic mass is 10.3. The SMILES string of the molecule is NC(O)CC[C]=O. The Morgan fingerprint density at radius 1 is 1.86 bits per heavy atom.